The van der Waals surface area contributed by atoms with Crippen molar-refractivity contribution in [2.75, 3.05) is 12.8 Å². The standard InChI is InChI=1S/C15H19N3O/c1-19-12-4-2-3-11-13(12)17-14(16)18(11)9-15(7-8-15)10-5-6-10/h2-4,10H,5-9H2,1H3,(H2,16,17). The SMILES string of the molecule is COc1cccc2c1nc(N)n2CC1(C2CC2)CC1. The molecule has 0 saturated heterocycles. The Labute approximate surface area is 112 Å². The minimum absolute atomic E-state index is 0.519. The Kier molecular flexibility index (Phi) is 2.14. The van der Waals surface area contributed by atoms with Crippen LogP contribution in [0.3, 0.4) is 0 Å². The number of para-hydroxylation sites is 1. The van der Waals surface area contributed by atoms with E-state index in [1.54, 1.807) is 7.11 Å². The third-order valence-electron chi connectivity index (χ3n) is 4.80. The third-order valence-corrected chi connectivity index (χ3v) is 4.80. The molecule has 0 spiro atoms. The number of rotatable bonds is 4. The van der Waals surface area contributed by atoms with Gasteiger partial charge >= 0.3 is 0 Å². The second-order valence-corrected chi connectivity index (χ2v) is 6.02. The van der Waals surface area contributed by atoms with E-state index in [0.29, 0.717) is 11.4 Å². The summed E-state index contributed by atoms with van der Waals surface area (Å²) < 4.78 is 7.55. The van der Waals surface area contributed by atoms with Crippen molar-refractivity contribution in [1.29, 1.82) is 0 Å². The molecule has 1 heterocycles. The normalized spacial score (nSPS) is 20.7. The fourth-order valence-corrected chi connectivity index (χ4v) is 3.34. The molecule has 1 aromatic carbocycles. The molecule has 4 heteroatoms. The quantitative estimate of drug-likeness (QED) is 0.916. The number of benzene rings is 1. The number of hydrogen-bond donors (Lipinski definition) is 1. The first-order valence-electron chi connectivity index (χ1n) is 7.02. The van der Waals surface area contributed by atoms with Crippen LogP contribution in [0.2, 0.25) is 0 Å². The molecule has 2 aliphatic carbocycles. The highest BCUT2D eigenvalue weighted by Gasteiger charge is 2.54. The molecule has 4 nitrogen and oxygen atoms in total. The molecule has 0 radical (unpaired) electrons. The summed E-state index contributed by atoms with van der Waals surface area (Å²) in [6.45, 7) is 1.02. The second-order valence-electron chi connectivity index (χ2n) is 6.02. The maximum Gasteiger partial charge on any atom is 0.201 e. The number of nitrogens with two attached hydrogens (primary N) is 1. The average molecular weight is 257 g/mol. The molecule has 0 aliphatic heterocycles. The van der Waals surface area contributed by atoms with Gasteiger partial charge in [-0.3, -0.25) is 0 Å². The summed E-state index contributed by atoms with van der Waals surface area (Å²) in [7, 11) is 1.68. The minimum Gasteiger partial charge on any atom is -0.494 e. The first-order valence-corrected chi connectivity index (χ1v) is 7.02. The largest absolute Gasteiger partial charge is 0.494 e. The molecular weight excluding hydrogens is 238 g/mol. The summed E-state index contributed by atoms with van der Waals surface area (Å²) in [5.41, 5.74) is 8.63. The Morgan fingerprint density at radius 1 is 1.42 bits per heavy atom. The van der Waals surface area contributed by atoms with Gasteiger partial charge in [-0.1, -0.05) is 6.07 Å². The van der Waals surface area contributed by atoms with E-state index < -0.39 is 0 Å². The molecular formula is C15H19N3O. The fraction of sp³-hybridized carbons (Fsp3) is 0.533. The van der Waals surface area contributed by atoms with E-state index in [2.05, 4.69) is 15.6 Å². The van der Waals surface area contributed by atoms with Crippen LogP contribution in [0.4, 0.5) is 5.95 Å². The summed E-state index contributed by atoms with van der Waals surface area (Å²) in [5, 5.41) is 0. The highest BCUT2D eigenvalue weighted by atomic mass is 16.5. The topological polar surface area (TPSA) is 53.1 Å². The Morgan fingerprint density at radius 2 is 2.21 bits per heavy atom. The lowest BCUT2D eigenvalue weighted by Gasteiger charge is -2.16. The molecule has 0 atom stereocenters. The molecule has 2 aromatic rings. The van der Waals surface area contributed by atoms with Crippen molar-refractivity contribution in [3.63, 3.8) is 0 Å². The smallest absolute Gasteiger partial charge is 0.201 e. The molecule has 2 saturated carbocycles. The van der Waals surface area contributed by atoms with E-state index in [-0.39, 0.29) is 0 Å². The van der Waals surface area contributed by atoms with Gasteiger partial charge in [0.15, 0.2) is 0 Å². The highest BCUT2D eigenvalue weighted by molar-refractivity contribution is 5.84. The Balaban J connectivity index is 1.79. The number of hydrogen-bond acceptors (Lipinski definition) is 3. The van der Waals surface area contributed by atoms with Gasteiger partial charge < -0.3 is 15.0 Å². The van der Waals surface area contributed by atoms with E-state index in [0.717, 1.165) is 29.2 Å². The van der Waals surface area contributed by atoms with E-state index in [4.69, 9.17) is 10.5 Å². The molecule has 0 amide bonds. The maximum atomic E-state index is 6.13. The van der Waals surface area contributed by atoms with Crippen molar-refractivity contribution >= 4 is 17.0 Å². The zero-order valence-corrected chi connectivity index (χ0v) is 11.2. The van der Waals surface area contributed by atoms with Crippen molar-refractivity contribution in [2.45, 2.75) is 32.2 Å². The molecule has 19 heavy (non-hydrogen) atoms. The van der Waals surface area contributed by atoms with Crippen LogP contribution in [-0.4, -0.2) is 16.7 Å². The lowest BCUT2D eigenvalue weighted by molar-refractivity contribution is 0.377. The number of methoxy groups -OCH3 is 1. The van der Waals surface area contributed by atoms with Crippen molar-refractivity contribution in [3.8, 4) is 5.75 Å². The first kappa shape index (κ1) is 11.1. The van der Waals surface area contributed by atoms with Crippen LogP contribution >= 0.6 is 0 Å². The van der Waals surface area contributed by atoms with Crippen LogP contribution in [0.25, 0.3) is 11.0 Å². The molecule has 4 rings (SSSR count). The van der Waals surface area contributed by atoms with Crippen LogP contribution in [0.5, 0.6) is 5.75 Å². The van der Waals surface area contributed by atoms with Crippen molar-refractivity contribution in [1.82, 2.24) is 9.55 Å². The molecule has 2 aliphatic rings. The van der Waals surface area contributed by atoms with Crippen LogP contribution < -0.4 is 10.5 Å². The summed E-state index contributed by atoms with van der Waals surface area (Å²) >= 11 is 0. The monoisotopic (exact) mass is 257 g/mol. The van der Waals surface area contributed by atoms with E-state index >= 15 is 0 Å². The minimum atomic E-state index is 0.519. The van der Waals surface area contributed by atoms with Crippen molar-refractivity contribution in [2.24, 2.45) is 11.3 Å². The average Bonchev–Trinajstić information content (AvgIpc) is 3.29. The molecule has 1 aromatic heterocycles. The fourth-order valence-electron chi connectivity index (χ4n) is 3.34. The van der Waals surface area contributed by atoms with Gasteiger partial charge in [-0.15, -0.1) is 0 Å². The molecule has 2 fully saturated rings. The van der Waals surface area contributed by atoms with E-state index in [1.807, 2.05) is 12.1 Å². The molecule has 0 bridgehead atoms. The van der Waals surface area contributed by atoms with Crippen molar-refractivity contribution in [3.05, 3.63) is 18.2 Å². The van der Waals surface area contributed by atoms with Gasteiger partial charge in [0.2, 0.25) is 5.95 Å². The Morgan fingerprint density at radius 3 is 2.84 bits per heavy atom. The number of aromatic nitrogens is 2. The van der Waals surface area contributed by atoms with Gasteiger partial charge in [0.25, 0.3) is 0 Å². The van der Waals surface area contributed by atoms with Gasteiger partial charge in [-0.2, -0.15) is 0 Å². The van der Waals surface area contributed by atoms with Crippen molar-refractivity contribution < 1.29 is 4.74 Å². The number of nitrogen functional groups attached to an aromatic ring is 1. The number of ether oxygens (including phenoxy) is 1. The molecule has 2 N–H and O–H groups in total. The van der Waals surface area contributed by atoms with Crippen LogP contribution in [-0.2, 0) is 6.54 Å². The second kappa shape index (κ2) is 3.65. The first-order chi connectivity index (χ1) is 9.23. The van der Waals surface area contributed by atoms with Crippen LogP contribution in [0, 0.1) is 11.3 Å². The summed E-state index contributed by atoms with van der Waals surface area (Å²) in [6, 6.07) is 6.03. The van der Waals surface area contributed by atoms with Crippen LogP contribution in [0.1, 0.15) is 25.7 Å². The summed E-state index contributed by atoms with van der Waals surface area (Å²) in [4.78, 5) is 4.49. The molecule has 0 unspecified atom stereocenters. The highest BCUT2D eigenvalue weighted by Crippen LogP contribution is 2.62. The maximum absolute atomic E-state index is 6.13. The van der Waals surface area contributed by atoms with Gasteiger partial charge in [0, 0.05) is 6.54 Å². The van der Waals surface area contributed by atoms with Gasteiger partial charge in [-0.25, -0.2) is 4.98 Å². The summed E-state index contributed by atoms with van der Waals surface area (Å²) in [6.07, 6.45) is 5.49. The van der Waals surface area contributed by atoms with Gasteiger partial charge in [0.05, 0.1) is 12.6 Å². The lowest BCUT2D eigenvalue weighted by atomic mass is 10.0. The zero-order valence-electron chi connectivity index (χ0n) is 11.2. The number of nitrogens with zero attached hydrogens (tertiary/aromatic N) is 2. The van der Waals surface area contributed by atoms with Gasteiger partial charge in [-0.05, 0) is 49.1 Å². The predicted molar refractivity (Wildman–Crippen MR) is 75.1 cm³/mol. The van der Waals surface area contributed by atoms with E-state index in [1.165, 1.54) is 25.7 Å². The van der Waals surface area contributed by atoms with Gasteiger partial charge in [0.1, 0.15) is 11.3 Å². The third kappa shape index (κ3) is 1.62. The zero-order chi connectivity index (χ0) is 13.0. The Bertz CT molecular complexity index is 638. The summed E-state index contributed by atoms with van der Waals surface area (Å²) in [5.74, 6) is 2.35. The van der Waals surface area contributed by atoms with Crippen LogP contribution in [0.15, 0.2) is 18.2 Å². The van der Waals surface area contributed by atoms with E-state index in [9.17, 15) is 0 Å². The predicted octanol–water partition coefficient (Wildman–Crippen LogP) is 2.82. The number of fused-ring (bicyclic) bond motifs is 1. The molecule has 100 valence electrons. The number of imidazole rings is 1. The number of anilines is 1. The Hall–Kier alpha value is -1.71. The lowest BCUT2D eigenvalue weighted by Crippen LogP contribution is -2.15.